The van der Waals surface area contributed by atoms with Gasteiger partial charge in [0, 0.05) is 10.9 Å². The Balaban J connectivity index is 2.86. The Hall–Kier alpha value is -1.38. The van der Waals surface area contributed by atoms with E-state index < -0.39 is 0 Å². The van der Waals surface area contributed by atoms with Gasteiger partial charge in [-0.25, -0.2) is 4.39 Å². The summed E-state index contributed by atoms with van der Waals surface area (Å²) in [5.41, 5.74) is 2.34. The lowest BCUT2D eigenvalue weighted by atomic mass is 9.96. The van der Waals surface area contributed by atoms with Crippen LogP contribution in [0.25, 0.3) is 10.9 Å². The van der Waals surface area contributed by atoms with Crippen LogP contribution in [0.5, 0.6) is 0 Å². The van der Waals surface area contributed by atoms with Crippen molar-refractivity contribution in [1.29, 1.82) is 0 Å². The maximum absolute atomic E-state index is 13.8. The predicted octanol–water partition coefficient (Wildman–Crippen LogP) is 3.13. The average Bonchev–Trinajstić information content (AvgIpc) is 2.52. The zero-order valence-electron chi connectivity index (χ0n) is 8.56. The summed E-state index contributed by atoms with van der Waals surface area (Å²) in [7, 11) is 0. The van der Waals surface area contributed by atoms with E-state index in [9.17, 15) is 4.39 Å². The number of benzene rings is 1. The van der Waals surface area contributed by atoms with E-state index >= 15 is 0 Å². The standard InChI is InChI=1S/C11H13FN2/c1-6(2)10-8-5-13-14-9(8)4-7(3)11(10)12/h4-6H,1-3H3,(H,13,14). The first-order valence-corrected chi connectivity index (χ1v) is 4.73. The van der Waals surface area contributed by atoms with E-state index in [-0.39, 0.29) is 11.7 Å². The number of aromatic amines is 1. The molecule has 0 bridgehead atoms. The fourth-order valence-corrected chi connectivity index (χ4v) is 1.80. The van der Waals surface area contributed by atoms with Gasteiger partial charge in [-0.15, -0.1) is 0 Å². The first-order valence-electron chi connectivity index (χ1n) is 4.73. The minimum atomic E-state index is -0.103. The Labute approximate surface area is 82.1 Å². The molecule has 0 radical (unpaired) electrons. The van der Waals surface area contributed by atoms with Crippen LogP contribution in [0.15, 0.2) is 12.3 Å². The highest BCUT2D eigenvalue weighted by Gasteiger charge is 2.14. The topological polar surface area (TPSA) is 28.7 Å². The van der Waals surface area contributed by atoms with Gasteiger partial charge in [0.25, 0.3) is 0 Å². The van der Waals surface area contributed by atoms with Gasteiger partial charge in [0.2, 0.25) is 0 Å². The molecule has 0 amide bonds. The third-order valence-electron chi connectivity index (χ3n) is 2.48. The summed E-state index contributed by atoms with van der Waals surface area (Å²) in [5, 5.41) is 7.69. The molecular formula is C11H13FN2. The van der Waals surface area contributed by atoms with Crippen molar-refractivity contribution in [3.05, 3.63) is 29.2 Å². The molecule has 1 aromatic heterocycles. The van der Waals surface area contributed by atoms with E-state index in [2.05, 4.69) is 10.2 Å². The molecule has 1 aromatic carbocycles. The van der Waals surface area contributed by atoms with Crippen molar-refractivity contribution in [2.45, 2.75) is 26.7 Å². The highest BCUT2D eigenvalue weighted by atomic mass is 19.1. The van der Waals surface area contributed by atoms with E-state index in [0.717, 1.165) is 16.5 Å². The van der Waals surface area contributed by atoms with Gasteiger partial charge < -0.3 is 0 Å². The predicted molar refractivity (Wildman–Crippen MR) is 54.9 cm³/mol. The lowest BCUT2D eigenvalue weighted by molar-refractivity contribution is 0.593. The number of hydrogen-bond donors (Lipinski definition) is 1. The second-order valence-electron chi connectivity index (χ2n) is 3.91. The van der Waals surface area contributed by atoms with Crippen molar-refractivity contribution >= 4 is 10.9 Å². The zero-order valence-corrected chi connectivity index (χ0v) is 8.56. The number of nitrogens with one attached hydrogen (secondary N) is 1. The van der Waals surface area contributed by atoms with Gasteiger partial charge in [-0.05, 0) is 24.5 Å². The van der Waals surface area contributed by atoms with Crippen LogP contribution in [0.4, 0.5) is 4.39 Å². The lowest BCUT2D eigenvalue weighted by Gasteiger charge is -2.10. The van der Waals surface area contributed by atoms with Gasteiger partial charge in [0.05, 0.1) is 11.7 Å². The van der Waals surface area contributed by atoms with Crippen LogP contribution in [-0.4, -0.2) is 10.2 Å². The number of aryl methyl sites for hydroxylation is 1. The Morgan fingerprint density at radius 1 is 1.43 bits per heavy atom. The molecule has 0 aliphatic heterocycles. The summed E-state index contributed by atoms with van der Waals surface area (Å²) in [6, 6.07) is 1.80. The molecule has 0 spiro atoms. The molecule has 1 N–H and O–H groups in total. The van der Waals surface area contributed by atoms with Gasteiger partial charge in [0.1, 0.15) is 5.82 Å². The van der Waals surface area contributed by atoms with Crippen LogP contribution < -0.4 is 0 Å². The summed E-state index contributed by atoms with van der Waals surface area (Å²) in [4.78, 5) is 0. The molecule has 14 heavy (non-hydrogen) atoms. The normalized spacial score (nSPS) is 11.5. The Morgan fingerprint density at radius 2 is 2.14 bits per heavy atom. The molecule has 0 atom stereocenters. The number of H-pyrrole nitrogens is 1. The van der Waals surface area contributed by atoms with Crippen molar-refractivity contribution in [3.63, 3.8) is 0 Å². The number of hydrogen-bond acceptors (Lipinski definition) is 1. The van der Waals surface area contributed by atoms with Crippen molar-refractivity contribution in [3.8, 4) is 0 Å². The number of fused-ring (bicyclic) bond motifs is 1. The maximum atomic E-state index is 13.8. The molecule has 0 saturated heterocycles. The van der Waals surface area contributed by atoms with E-state index in [0.29, 0.717) is 5.56 Å². The second kappa shape index (κ2) is 3.08. The van der Waals surface area contributed by atoms with Gasteiger partial charge >= 0.3 is 0 Å². The third-order valence-corrected chi connectivity index (χ3v) is 2.48. The molecule has 0 fully saturated rings. The Kier molecular flexibility index (Phi) is 2.02. The number of rotatable bonds is 1. The molecule has 3 heteroatoms. The third kappa shape index (κ3) is 1.20. The van der Waals surface area contributed by atoms with E-state index in [1.54, 1.807) is 19.2 Å². The summed E-state index contributed by atoms with van der Waals surface area (Å²) in [6.07, 6.45) is 1.69. The molecule has 74 valence electrons. The van der Waals surface area contributed by atoms with Gasteiger partial charge in [-0.2, -0.15) is 5.10 Å². The Bertz CT molecular complexity index is 471. The van der Waals surface area contributed by atoms with Crippen LogP contribution in [0.2, 0.25) is 0 Å². The van der Waals surface area contributed by atoms with Crippen molar-refractivity contribution < 1.29 is 4.39 Å². The van der Waals surface area contributed by atoms with Crippen molar-refractivity contribution in [2.24, 2.45) is 0 Å². The lowest BCUT2D eigenvalue weighted by Crippen LogP contribution is -1.96. The highest BCUT2D eigenvalue weighted by Crippen LogP contribution is 2.28. The fourth-order valence-electron chi connectivity index (χ4n) is 1.80. The van der Waals surface area contributed by atoms with Crippen molar-refractivity contribution in [1.82, 2.24) is 10.2 Å². The Morgan fingerprint density at radius 3 is 2.79 bits per heavy atom. The maximum Gasteiger partial charge on any atom is 0.130 e. The minimum Gasteiger partial charge on any atom is -0.278 e. The molecule has 2 aromatic rings. The monoisotopic (exact) mass is 192 g/mol. The molecule has 1 heterocycles. The van der Waals surface area contributed by atoms with Crippen LogP contribution in [0.3, 0.4) is 0 Å². The largest absolute Gasteiger partial charge is 0.278 e. The van der Waals surface area contributed by atoms with Crippen molar-refractivity contribution in [2.75, 3.05) is 0 Å². The number of aromatic nitrogens is 2. The molecule has 0 unspecified atom stereocenters. The van der Waals surface area contributed by atoms with Gasteiger partial charge in [0.15, 0.2) is 0 Å². The van der Waals surface area contributed by atoms with E-state index in [1.165, 1.54) is 0 Å². The first kappa shape index (κ1) is 9.19. The summed E-state index contributed by atoms with van der Waals surface area (Å²) in [5.74, 6) is 0.0731. The molecular weight excluding hydrogens is 179 g/mol. The molecule has 0 aliphatic carbocycles. The quantitative estimate of drug-likeness (QED) is 0.738. The highest BCUT2D eigenvalue weighted by molar-refractivity contribution is 5.83. The van der Waals surface area contributed by atoms with Gasteiger partial charge in [-0.3, -0.25) is 5.10 Å². The fraction of sp³-hybridized carbons (Fsp3) is 0.364. The summed E-state index contributed by atoms with van der Waals surface area (Å²) in [6.45, 7) is 5.76. The van der Waals surface area contributed by atoms with Crippen LogP contribution in [0.1, 0.15) is 30.9 Å². The van der Waals surface area contributed by atoms with Crippen LogP contribution >= 0.6 is 0 Å². The van der Waals surface area contributed by atoms with Crippen LogP contribution in [-0.2, 0) is 0 Å². The molecule has 0 aliphatic rings. The minimum absolute atomic E-state index is 0.103. The van der Waals surface area contributed by atoms with E-state index in [1.807, 2.05) is 13.8 Å². The molecule has 0 saturated carbocycles. The summed E-state index contributed by atoms with van der Waals surface area (Å²) < 4.78 is 13.8. The second-order valence-corrected chi connectivity index (χ2v) is 3.91. The SMILES string of the molecule is Cc1cc2[nH]ncc2c(C(C)C)c1F. The average molecular weight is 192 g/mol. The summed E-state index contributed by atoms with van der Waals surface area (Å²) >= 11 is 0. The molecule has 2 nitrogen and oxygen atoms in total. The number of nitrogens with zero attached hydrogens (tertiary/aromatic N) is 1. The van der Waals surface area contributed by atoms with E-state index in [4.69, 9.17) is 0 Å². The first-order chi connectivity index (χ1) is 6.61. The van der Waals surface area contributed by atoms with Gasteiger partial charge in [-0.1, -0.05) is 13.8 Å². The zero-order chi connectivity index (χ0) is 10.3. The number of halogens is 1. The molecule has 2 rings (SSSR count). The smallest absolute Gasteiger partial charge is 0.130 e. The van der Waals surface area contributed by atoms with Crippen LogP contribution in [0, 0.1) is 12.7 Å².